The monoisotopic (exact) mass is 352 g/mol. The van der Waals surface area contributed by atoms with Crippen molar-refractivity contribution in [2.24, 2.45) is 5.92 Å². The van der Waals surface area contributed by atoms with E-state index in [1.165, 1.54) is 6.20 Å². The zero-order valence-electron chi connectivity index (χ0n) is 15.1. The fraction of sp³-hybridized carbons (Fsp3) is 0.350. The number of anilines is 2. The summed E-state index contributed by atoms with van der Waals surface area (Å²) in [4.78, 5) is 31.1. The molecule has 1 aromatic carbocycles. The van der Waals surface area contributed by atoms with Crippen molar-refractivity contribution in [3.63, 3.8) is 0 Å². The summed E-state index contributed by atoms with van der Waals surface area (Å²) in [7, 11) is 0. The highest BCUT2D eigenvalue weighted by Gasteiger charge is 2.34. The lowest BCUT2D eigenvalue weighted by atomic mass is 9.90. The Morgan fingerprint density at radius 2 is 1.96 bits per heavy atom. The lowest BCUT2D eigenvalue weighted by Gasteiger charge is -2.38. The van der Waals surface area contributed by atoms with Crippen molar-refractivity contribution < 1.29 is 9.59 Å². The van der Waals surface area contributed by atoms with Gasteiger partial charge in [0.1, 0.15) is 5.82 Å². The van der Waals surface area contributed by atoms with E-state index in [1.54, 1.807) is 17.9 Å². The number of nitrogens with zero attached hydrogens (tertiary/aromatic N) is 2. The molecule has 2 heterocycles. The Kier molecular flexibility index (Phi) is 5.21. The van der Waals surface area contributed by atoms with Gasteiger partial charge in [-0.05, 0) is 42.9 Å². The van der Waals surface area contributed by atoms with Gasteiger partial charge in [-0.2, -0.15) is 0 Å². The predicted molar refractivity (Wildman–Crippen MR) is 101 cm³/mol. The molecule has 6 heteroatoms. The highest BCUT2D eigenvalue weighted by atomic mass is 16.2. The first kappa shape index (κ1) is 17.9. The summed E-state index contributed by atoms with van der Waals surface area (Å²) in [6.45, 7) is 4.48. The minimum Gasteiger partial charge on any atom is -0.383 e. The Bertz CT molecular complexity index is 807. The van der Waals surface area contributed by atoms with E-state index >= 15 is 0 Å². The van der Waals surface area contributed by atoms with E-state index in [-0.39, 0.29) is 6.04 Å². The zero-order chi connectivity index (χ0) is 18.7. The molecule has 3 rings (SSSR count). The number of carbonyl (C=O) groups is 2. The van der Waals surface area contributed by atoms with Gasteiger partial charge in [0.2, 0.25) is 0 Å². The Morgan fingerprint density at radius 1 is 1.23 bits per heavy atom. The molecule has 2 amide bonds. The van der Waals surface area contributed by atoms with Crippen LogP contribution >= 0.6 is 0 Å². The average molecular weight is 352 g/mol. The molecule has 0 unspecified atom stereocenters. The molecule has 2 atom stereocenters. The second kappa shape index (κ2) is 7.56. The van der Waals surface area contributed by atoms with Gasteiger partial charge in [0.15, 0.2) is 0 Å². The lowest BCUT2D eigenvalue weighted by molar-refractivity contribution is -0.146. The number of hydrogen-bond acceptors (Lipinski definition) is 4. The highest BCUT2D eigenvalue weighted by molar-refractivity contribution is 6.39. The van der Waals surface area contributed by atoms with Crippen LogP contribution in [0.15, 0.2) is 42.6 Å². The predicted octanol–water partition coefficient (Wildman–Crippen LogP) is 2.91. The van der Waals surface area contributed by atoms with Gasteiger partial charge < -0.3 is 16.0 Å². The summed E-state index contributed by atoms with van der Waals surface area (Å²) < 4.78 is 0. The molecule has 1 aliphatic heterocycles. The van der Waals surface area contributed by atoms with Crippen LogP contribution in [0.1, 0.15) is 36.9 Å². The molecule has 3 N–H and O–H groups in total. The van der Waals surface area contributed by atoms with E-state index in [2.05, 4.69) is 17.2 Å². The number of aromatic nitrogens is 1. The maximum Gasteiger partial charge on any atom is 0.313 e. The van der Waals surface area contributed by atoms with E-state index in [4.69, 9.17) is 5.73 Å². The number of piperidine rings is 1. The number of hydrogen-bond donors (Lipinski definition) is 2. The Hall–Kier alpha value is -2.89. The number of amides is 2. The van der Waals surface area contributed by atoms with Gasteiger partial charge in [-0.1, -0.05) is 37.3 Å². The molecule has 136 valence electrons. The van der Waals surface area contributed by atoms with Crippen LogP contribution in [-0.2, 0) is 9.59 Å². The molecule has 1 aliphatic rings. The number of benzene rings is 1. The molecular formula is C20H24N4O2. The second-order valence-electron chi connectivity index (χ2n) is 6.95. The first-order valence-electron chi connectivity index (χ1n) is 8.84. The number of likely N-dealkylation sites (tertiary alicyclic amines) is 1. The molecule has 1 aromatic heterocycles. The number of carbonyl (C=O) groups excluding carboxylic acids is 2. The molecule has 2 aromatic rings. The molecule has 1 saturated heterocycles. The standard InChI is InChI=1S/C20H24N4O2/c1-13-8-9-17(15-6-4-3-5-7-15)24(12-13)20(26)19(25)23-16-10-14(2)18(21)22-11-16/h3-7,10-11,13,17H,8-9,12H2,1-2H3,(H2,21,22)(H,23,25)/t13-,17+/m0/s1. The van der Waals surface area contributed by atoms with Crippen molar-refractivity contribution in [2.45, 2.75) is 32.7 Å². The number of nitrogens with two attached hydrogens (primary N) is 1. The lowest BCUT2D eigenvalue weighted by Crippen LogP contribution is -2.46. The topological polar surface area (TPSA) is 88.3 Å². The first-order valence-corrected chi connectivity index (χ1v) is 8.84. The van der Waals surface area contributed by atoms with Gasteiger partial charge in [0.25, 0.3) is 0 Å². The quantitative estimate of drug-likeness (QED) is 0.814. The Labute approximate surface area is 153 Å². The molecule has 0 spiro atoms. The average Bonchev–Trinajstić information content (AvgIpc) is 2.64. The summed E-state index contributed by atoms with van der Waals surface area (Å²) in [5, 5.41) is 2.65. The molecule has 0 bridgehead atoms. The third kappa shape index (κ3) is 3.85. The van der Waals surface area contributed by atoms with Gasteiger partial charge in [0, 0.05) is 6.54 Å². The molecule has 26 heavy (non-hydrogen) atoms. The van der Waals surface area contributed by atoms with E-state index in [0.29, 0.717) is 24.0 Å². The number of aryl methyl sites for hydroxylation is 1. The van der Waals surface area contributed by atoms with Crippen LogP contribution in [0, 0.1) is 12.8 Å². The first-order chi connectivity index (χ1) is 12.5. The summed E-state index contributed by atoms with van der Waals surface area (Å²) in [5.41, 5.74) is 7.98. The van der Waals surface area contributed by atoms with Crippen LogP contribution in [0.5, 0.6) is 0 Å². The largest absolute Gasteiger partial charge is 0.383 e. The van der Waals surface area contributed by atoms with E-state index < -0.39 is 11.8 Å². The van der Waals surface area contributed by atoms with Crippen molar-refractivity contribution in [1.82, 2.24) is 9.88 Å². The summed E-state index contributed by atoms with van der Waals surface area (Å²) >= 11 is 0. The Balaban J connectivity index is 1.78. The second-order valence-corrected chi connectivity index (χ2v) is 6.95. The fourth-order valence-electron chi connectivity index (χ4n) is 3.37. The van der Waals surface area contributed by atoms with Crippen molar-refractivity contribution in [3.05, 3.63) is 53.7 Å². The molecule has 6 nitrogen and oxygen atoms in total. The zero-order valence-corrected chi connectivity index (χ0v) is 15.1. The number of nitrogens with one attached hydrogen (secondary N) is 1. The van der Waals surface area contributed by atoms with Crippen LogP contribution in [0.25, 0.3) is 0 Å². The minimum atomic E-state index is -0.647. The molecule has 0 saturated carbocycles. The molecule has 0 aliphatic carbocycles. The van der Waals surface area contributed by atoms with Gasteiger partial charge in [-0.15, -0.1) is 0 Å². The third-order valence-electron chi connectivity index (χ3n) is 4.83. The number of rotatable bonds is 2. The SMILES string of the molecule is Cc1cc(NC(=O)C(=O)N2C[C@@H](C)CC[C@@H]2c2ccccc2)cnc1N. The van der Waals surface area contributed by atoms with Gasteiger partial charge >= 0.3 is 11.8 Å². The van der Waals surface area contributed by atoms with Crippen molar-refractivity contribution in [2.75, 3.05) is 17.6 Å². The number of nitrogen functional groups attached to an aromatic ring is 1. The van der Waals surface area contributed by atoms with Crippen molar-refractivity contribution in [3.8, 4) is 0 Å². The van der Waals surface area contributed by atoms with Crippen LogP contribution in [0.2, 0.25) is 0 Å². The summed E-state index contributed by atoms with van der Waals surface area (Å²) in [6.07, 6.45) is 3.35. The van der Waals surface area contributed by atoms with E-state index in [9.17, 15) is 9.59 Å². The van der Waals surface area contributed by atoms with Crippen LogP contribution in [0.3, 0.4) is 0 Å². The fourth-order valence-corrected chi connectivity index (χ4v) is 3.37. The van der Waals surface area contributed by atoms with E-state index in [1.807, 2.05) is 30.3 Å². The van der Waals surface area contributed by atoms with Crippen LogP contribution in [0.4, 0.5) is 11.5 Å². The molecular weight excluding hydrogens is 328 g/mol. The smallest absolute Gasteiger partial charge is 0.313 e. The highest BCUT2D eigenvalue weighted by Crippen LogP contribution is 2.33. The van der Waals surface area contributed by atoms with Crippen LogP contribution in [-0.4, -0.2) is 28.2 Å². The van der Waals surface area contributed by atoms with Gasteiger partial charge in [0.05, 0.1) is 17.9 Å². The van der Waals surface area contributed by atoms with Crippen LogP contribution < -0.4 is 11.1 Å². The minimum absolute atomic E-state index is 0.0723. The molecule has 1 fully saturated rings. The van der Waals surface area contributed by atoms with Gasteiger partial charge in [-0.3, -0.25) is 9.59 Å². The van der Waals surface area contributed by atoms with Gasteiger partial charge in [-0.25, -0.2) is 4.98 Å². The summed E-state index contributed by atoms with van der Waals surface area (Å²) in [5.74, 6) is -0.388. The van der Waals surface area contributed by atoms with Crippen molar-refractivity contribution in [1.29, 1.82) is 0 Å². The Morgan fingerprint density at radius 3 is 2.65 bits per heavy atom. The summed E-state index contributed by atoms with van der Waals surface area (Å²) in [6, 6.07) is 11.5. The van der Waals surface area contributed by atoms with E-state index in [0.717, 1.165) is 24.0 Å². The maximum absolute atomic E-state index is 12.9. The molecule has 0 radical (unpaired) electrons. The number of pyridine rings is 1. The third-order valence-corrected chi connectivity index (χ3v) is 4.83. The maximum atomic E-state index is 12.9. The normalized spacial score (nSPS) is 19.8. The van der Waals surface area contributed by atoms with Crippen molar-refractivity contribution >= 4 is 23.3 Å².